The summed E-state index contributed by atoms with van der Waals surface area (Å²) in [4.78, 5) is 4.93. The Labute approximate surface area is 324 Å². The number of benzene rings is 6. The largest absolute Gasteiger partial charge is 0.458 e. The van der Waals surface area contributed by atoms with Crippen molar-refractivity contribution in [3.63, 3.8) is 0 Å². The molecule has 0 fully saturated rings. The minimum atomic E-state index is -0.0472. The first-order valence-electron chi connectivity index (χ1n) is 18.9. The monoisotopic (exact) mass is 726 g/mol. The van der Waals surface area contributed by atoms with Gasteiger partial charge in [0.25, 0.3) is 6.71 Å². The summed E-state index contributed by atoms with van der Waals surface area (Å²) < 4.78 is 23.9. The lowest BCUT2D eigenvalue weighted by molar-refractivity contribution is 0.465. The summed E-state index contributed by atoms with van der Waals surface area (Å²) in [6, 6.07) is 48.1. The van der Waals surface area contributed by atoms with Crippen molar-refractivity contribution in [2.24, 2.45) is 0 Å². The molecule has 268 valence electrons. The standard InChI is InChI=1S/C48H35BN4O3/c1-48(2,3)32-20-22-50-46(27-32)53-40-19-16-30(24-37(40)36-18-17-35(29-41(36)53)54-34-11-8-10-33(28-34)52-23-9-21-51-52)31-25-44-47-45(26-31)56-43-15-7-5-13-39(43)49(47)38-12-4-6-14-42(38)55-44/h4-29H,1-3H3. The van der Waals surface area contributed by atoms with E-state index in [0.29, 0.717) is 0 Å². The fourth-order valence-electron chi connectivity index (χ4n) is 8.31. The van der Waals surface area contributed by atoms with Gasteiger partial charge in [0, 0.05) is 47.0 Å². The Bertz CT molecular complexity index is 2950. The smallest absolute Gasteiger partial charge is 0.260 e. The molecule has 0 N–H and O–H groups in total. The van der Waals surface area contributed by atoms with E-state index in [1.165, 1.54) is 5.56 Å². The van der Waals surface area contributed by atoms with Crippen LogP contribution in [0.2, 0.25) is 0 Å². The molecule has 5 heterocycles. The average molecular weight is 727 g/mol. The summed E-state index contributed by atoms with van der Waals surface area (Å²) in [5.74, 6) is 5.69. The number of rotatable bonds is 5. The van der Waals surface area contributed by atoms with Crippen LogP contribution in [-0.2, 0) is 5.41 Å². The third kappa shape index (κ3) is 5.21. The molecule has 0 saturated carbocycles. The zero-order valence-electron chi connectivity index (χ0n) is 31.1. The van der Waals surface area contributed by atoms with Gasteiger partial charge in [0.2, 0.25) is 0 Å². The van der Waals surface area contributed by atoms with Gasteiger partial charge in [-0.2, -0.15) is 5.10 Å². The summed E-state index contributed by atoms with van der Waals surface area (Å²) in [5, 5.41) is 6.59. The van der Waals surface area contributed by atoms with Crippen molar-refractivity contribution in [2.75, 3.05) is 0 Å². The summed E-state index contributed by atoms with van der Waals surface area (Å²) in [6.07, 6.45) is 5.60. The molecule has 6 aromatic carbocycles. The van der Waals surface area contributed by atoms with Gasteiger partial charge in [0.15, 0.2) is 0 Å². The van der Waals surface area contributed by atoms with E-state index < -0.39 is 0 Å². The van der Waals surface area contributed by atoms with Crippen molar-refractivity contribution in [1.29, 1.82) is 0 Å². The minimum Gasteiger partial charge on any atom is -0.458 e. The molecule has 8 heteroatoms. The molecule has 2 aliphatic rings. The number of nitrogens with zero attached hydrogens (tertiary/aromatic N) is 4. The summed E-state index contributed by atoms with van der Waals surface area (Å²) in [7, 11) is 0. The van der Waals surface area contributed by atoms with Gasteiger partial charge < -0.3 is 14.2 Å². The lowest BCUT2D eigenvalue weighted by Gasteiger charge is -2.33. The molecule has 7 nitrogen and oxygen atoms in total. The van der Waals surface area contributed by atoms with Gasteiger partial charge in [0.1, 0.15) is 40.3 Å². The molecule has 0 spiro atoms. The van der Waals surface area contributed by atoms with Crippen LogP contribution >= 0.6 is 0 Å². The van der Waals surface area contributed by atoms with Crippen molar-refractivity contribution in [3.05, 3.63) is 164 Å². The molecule has 0 aliphatic carbocycles. The number of fused-ring (bicyclic) bond motifs is 7. The van der Waals surface area contributed by atoms with E-state index in [1.54, 1.807) is 6.20 Å². The summed E-state index contributed by atoms with van der Waals surface area (Å²) >= 11 is 0. The van der Waals surface area contributed by atoms with Crippen LogP contribution in [0, 0.1) is 0 Å². The highest BCUT2D eigenvalue weighted by molar-refractivity contribution is 6.98. The molecule has 0 bridgehead atoms. The SMILES string of the molecule is CC(C)(C)c1ccnc(-n2c3ccc(-c4cc5c6c(c4)Oc4ccccc4B6c4ccccc4O5)cc3c3ccc(Oc4cccc(-n5cccn5)c4)cc32)c1. The highest BCUT2D eigenvalue weighted by Gasteiger charge is 2.40. The maximum atomic E-state index is 6.64. The van der Waals surface area contributed by atoms with Crippen LogP contribution in [0.4, 0.5) is 0 Å². The fourth-order valence-corrected chi connectivity index (χ4v) is 8.31. The van der Waals surface area contributed by atoms with Crippen LogP contribution in [0.25, 0.3) is 44.4 Å². The topological polar surface area (TPSA) is 63.3 Å². The Hall–Kier alpha value is -7.06. The van der Waals surface area contributed by atoms with E-state index in [9.17, 15) is 0 Å². The van der Waals surface area contributed by atoms with E-state index in [1.807, 2.05) is 65.6 Å². The lowest BCUT2D eigenvalue weighted by atomic mass is 9.35. The van der Waals surface area contributed by atoms with Crippen molar-refractivity contribution >= 4 is 44.9 Å². The van der Waals surface area contributed by atoms with Gasteiger partial charge in [-0.15, -0.1) is 0 Å². The quantitative estimate of drug-likeness (QED) is 0.165. The first-order chi connectivity index (χ1) is 27.4. The Balaban J connectivity index is 1.06. The van der Waals surface area contributed by atoms with Crippen LogP contribution < -0.4 is 30.6 Å². The van der Waals surface area contributed by atoms with E-state index in [0.717, 1.165) is 95.3 Å². The van der Waals surface area contributed by atoms with Crippen LogP contribution in [0.3, 0.4) is 0 Å². The van der Waals surface area contributed by atoms with Crippen LogP contribution in [0.5, 0.6) is 34.5 Å². The number of hydrogen-bond donors (Lipinski definition) is 0. The second kappa shape index (κ2) is 12.2. The Morgan fingerprint density at radius 2 is 1.34 bits per heavy atom. The molecule has 11 rings (SSSR count). The number of para-hydroxylation sites is 2. The maximum Gasteiger partial charge on any atom is 0.260 e. The van der Waals surface area contributed by atoms with Crippen LogP contribution in [0.15, 0.2) is 158 Å². The minimum absolute atomic E-state index is 0.0326. The van der Waals surface area contributed by atoms with Gasteiger partial charge in [-0.25, -0.2) is 9.67 Å². The van der Waals surface area contributed by atoms with Crippen molar-refractivity contribution in [2.45, 2.75) is 26.2 Å². The molecule has 2 aliphatic heterocycles. The molecule has 0 radical (unpaired) electrons. The van der Waals surface area contributed by atoms with Gasteiger partial charge in [0.05, 0.1) is 16.7 Å². The second-order valence-corrected chi connectivity index (χ2v) is 15.5. The number of hydrogen-bond acceptors (Lipinski definition) is 5. The molecule has 9 aromatic rings. The number of aromatic nitrogens is 4. The molecule has 0 saturated heterocycles. The number of ether oxygens (including phenoxy) is 3. The summed E-state index contributed by atoms with van der Waals surface area (Å²) in [5.41, 5.74) is 9.58. The highest BCUT2D eigenvalue weighted by Crippen LogP contribution is 2.41. The molecule has 0 atom stereocenters. The van der Waals surface area contributed by atoms with Gasteiger partial charge in [-0.3, -0.25) is 4.57 Å². The van der Waals surface area contributed by atoms with Crippen LogP contribution in [-0.4, -0.2) is 26.0 Å². The van der Waals surface area contributed by atoms with Crippen molar-refractivity contribution < 1.29 is 14.2 Å². The molecular weight excluding hydrogens is 691 g/mol. The third-order valence-corrected chi connectivity index (χ3v) is 11.0. The highest BCUT2D eigenvalue weighted by atomic mass is 16.5. The predicted octanol–water partition coefficient (Wildman–Crippen LogP) is 9.85. The lowest BCUT2D eigenvalue weighted by Crippen LogP contribution is -2.57. The van der Waals surface area contributed by atoms with Gasteiger partial charge in [-0.1, -0.05) is 69.3 Å². The van der Waals surface area contributed by atoms with E-state index in [2.05, 4.69) is 121 Å². The summed E-state index contributed by atoms with van der Waals surface area (Å²) in [6.45, 7) is 6.72. The maximum absolute atomic E-state index is 6.64. The predicted molar refractivity (Wildman–Crippen MR) is 224 cm³/mol. The van der Waals surface area contributed by atoms with E-state index >= 15 is 0 Å². The molecule has 3 aromatic heterocycles. The molecule has 0 amide bonds. The van der Waals surface area contributed by atoms with Crippen molar-refractivity contribution in [1.82, 2.24) is 19.3 Å². The Morgan fingerprint density at radius 1 is 0.589 bits per heavy atom. The Kier molecular flexibility index (Phi) is 7.07. The normalized spacial score (nSPS) is 12.8. The van der Waals surface area contributed by atoms with Gasteiger partial charge in [-0.05, 0) is 112 Å². The Morgan fingerprint density at radius 3 is 2.07 bits per heavy atom. The zero-order valence-corrected chi connectivity index (χ0v) is 31.1. The van der Waals surface area contributed by atoms with E-state index in [-0.39, 0.29) is 12.1 Å². The van der Waals surface area contributed by atoms with Gasteiger partial charge >= 0.3 is 0 Å². The van der Waals surface area contributed by atoms with E-state index in [4.69, 9.17) is 19.2 Å². The van der Waals surface area contributed by atoms with Crippen molar-refractivity contribution in [3.8, 4) is 57.1 Å². The molecule has 0 unspecified atom stereocenters. The first-order valence-corrected chi connectivity index (χ1v) is 18.9. The third-order valence-electron chi connectivity index (χ3n) is 11.0. The molecule has 56 heavy (non-hydrogen) atoms. The van der Waals surface area contributed by atoms with Crippen LogP contribution in [0.1, 0.15) is 26.3 Å². The zero-order chi connectivity index (χ0) is 37.5. The molecular formula is C48H35BN4O3. The fraction of sp³-hybridized carbons (Fsp3) is 0.0833. The number of pyridine rings is 1. The second-order valence-electron chi connectivity index (χ2n) is 15.5. The first kappa shape index (κ1) is 32.4. The average Bonchev–Trinajstić information content (AvgIpc) is 3.87.